The van der Waals surface area contributed by atoms with Crippen LogP contribution in [0.4, 0.5) is 0 Å². The molecule has 166 valence electrons. The van der Waals surface area contributed by atoms with Crippen LogP contribution in [0.3, 0.4) is 0 Å². The smallest absolute Gasteiger partial charge is 0.236 e. The van der Waals surface area contributed by atoms with Gasteiger partial charge in [0.15, 0.2) is 5.96 Å². The van der Waals surface area contributed by atoms with Gasteiger partial charge in [-0.25, -0.2) is 0 Å². The number of morpholine rings is 1. The highest BCUT2D eigenvalue weighted by molar-refractivity contribution is 6.30. The highest BCUT2D eigenvalue weighted by Crippen LogP contribution is 2.23. The normalized spacial score (nSPS) is 18.4. The molecule has 2 aliphatic rings. The zero-order chi connectivity index (χ0) is 21.3. The molecule has 1 aromatic carbocycles. The van der Waals surface area contributed by atoms with Crippen molar-refractivity contribution in [2.75, 3.05) is 72.7 Å². The van der Waals surface area contributed by atoms with Gasteiger partial charge in [0.25, 0.3) is 0 Å². The number of guanidine groups is 1. The van der Waals surface area contributed by atoms with Crippen LogP contribution in [0.5, 0.6) is 5.75 Å². The number of amides is 1. The van der Waals surface area contributed by atoms with E-state index in [0.717, 1.165) is 43.5 Å². The van der Waals surface area contributed by atoms with Crippen LogP contribution >= 0.6 is 11.6 Å². The molecule has 1 amide bonds. The molecule has 2 fully saturated rings. The average molecular weight is 438 g/mol. The van der Waals surface area contributed by atoms with Gasteiger partial charge >= 0.3 is 0 Å². The summed E-state index contributed by atoms with van der Waals surface area (Å²) in [6.45, 7) is 9.63. The third-order valence-electron chi connectivity index (χ3n) is 5.37. The largest absolute Gasteiger partial charge is 0.493 e. The summed E-state index contributed by atoms with van der Waals surface area (Å²) >= 11 is 6.09. The fraction of sp³-hybridized carbons (Fsp3) is 0.619. The maximum Gasteiger partial charge on any atom is 0.236 e. The minimum Gasteiger partial charge on any atom is -0.493 e. The van der Waals surface area contributed by atoms with Crippen molar-refractivity contribution in [2.45, 2.75) is 13.5 Å². The predicted octanol–water partition coefficient (Wildman–Crippen LogP) is 1.29. The van der Waals surface area contributed by atoms with Gasteiger partial charge in [-0.15, -0.1) is 0 Å². The van der Waals surface area contributed by atoms with E-state index in [0.29, 0.717) is 51.0 Å². The fourth-order valence-electron chi connectivity index (χ4n) is 3.69. The molecular formula is C21H32ClN5O3. The number of carbonyl (C=O) groups excluding carboxylic acids is 1. The summed E-state index contributed by atoms with van der Waals surface area (Å²) < 4.78 is 11.0. The summed E-state index contributed by atoms with van der Waals surface area (Å²) in [6.07, 6.45) is 0. The lowest BCUT2D eigenvalue weighted by molar-refractivity contribution is -0.136. The second kappa shape index (κ2) is 11.4. The molecule has 0 aromatic heterocycles. The number of ether oxygens (including phenoxy) is 2. The van der Waals surface area contributed by atoms with Crippen molar-refractivity contribution < 1.29 is 14.3 Å². The Kier molecular flexibility index (Phi) is 8.60. The highest BCUT2D eigenvalue weighted by atomic mass is 35.5. The average Bonchev–Trinajstić information content (AvgIpc) is 2.77. The van der Waals surface area contributed by atoms with Crippen LogP contribution in [0.1, 0.15) is 12.5 Å². The Morgan fingerprint density at radius 1 is 1.17 bits per heavy atom. The van der Waals surface area contributed by atoms with Crippen molar-refractivity contribution in [3.63, 3.8) is 0 Å². The Labute approximate surface area is 183 Å². The molecule has 0 aliphatic carbocycles. The molecule has 0 radical (unpaired) electrons. The number of nitrogens with zero attached hydrogens (tertiary/aromatic N) is 4. The summed E-state index contributed by atoms with van der Waals surface area (Å²) in [7, 11) is 1.79. The number of hydrogen-bond donors (Lipinski definition) is 1. The Balaban J connectivity index is 1.47. The maximum atomic E-state index is 12.5. The maximum absolute atomic E-state index is 12.5. The van der Waals surface area contributed by atoms with E-state index in [9.17, 15) is 4.79 Å². The Morgan fingerprint density at radius 2 is 1.90 bits per heavy atom. The lowest BCUT2D eigenvalue weighted by atomic mass is 10.2. The van der Waals surface area contributed by atoms with E-state index in [2.05, 4.69) is 20.1 Å². The first-order valence-corrected chi connectivity index (χ1v) is 10.9. The molecule has 2 heterocycles. The van der Waals surface area contributed by atoms with Crippen molar-refractivity contribution in [2.24, 2.45) is 4.99 Å². The van der Waals surface area contributed by atoms with Crippen molar-refractivity contribution >= 4 is 23.5 Å². The molecule has 0 saturated carbocycles. The van der Waals surface area contributed by atoms with Crippen molar-refractivity contribution in [1.82, 2.24) is 20.0 Å². The molecule has 1 N–H and O–H groups in total. The van der Waals surface area contributed by atoms with Crippen LogP contribution in [-0.4, -0.2) is 99.2 Å². The van der Waals surface area contributed by atoms with E-state index in [1.165, 1.54) is 0 Å². The van der Waals surface area contributed by atoms with E-state index in [-0.39, 0.29) is 5.91 Å². The topological polar surface area (TPSA) is 69.6 Å². The number of hydrogen-bond acceptors (Lipinski definition) is 5. The number of halogens is 1. The van der Waals surface area contributed by atoms with Crippen LogP contribution in [0, 0.1) is 0 Å². The fourth-order valence-corrected chi connectivity index (χ4v) is 3.85. The third kappa shape index (κ3) is 6.23. The van der Waals surface area contributed by atoms with Crippen LogP contribution in [0.2, 0.25) is 5.02 Å². The second-order valence-corrected chi connectivity index (χ2v) is 7.78. The van der Waals surface area contributed by atoms with Gasteiger partial charge in [-0.05, 0) is 19.1 Å². The number of nitrogens with one attached hydrogen (secondary N) is 1. The standard InChI is InChI=1S/C21H32ClN5O3/c1-3-30-19-14-18(22)5-4-17(19)15-24-21(23-2)27-8-6-25(7-9-27)16-20(28)26-10-12-29-13-11-26/h4-5,14H,3,6-13,15-16H2,1-2H3,(H,23,24). The number of aliphatic imine (C=N–C) groups is 1. The summed E-state index contributed by atoms with van der Waals surface area (Å²) in [4.78, 5) is 23.2. The van der Waals surface area contributed by atoms with Crippen LogP contribution in [0.25, 0.3) is 0 Å². The first-order valence-electron chi connectivity index (χ1n) is 10.6. The molecular weight excluding hydrogens is 406 g/mol. The molecule has 0 atom stereocenters. The molecule has 0 spiro atoms. The van der Waals surface area contributed by atoms with Crippen LogP contribution < -0.4 is 10.1 Å². The number of benzene rings is 1. The molecule has 0 unspecified atom stereocenters. The molecule has 2 saturated heterocycles. The van der Waals surface area contributed by atoms with Crippen LogP contribution in [-0.2, 0) is 16.1 Å². The lowest BCUT2D eigenvalue weighted by Crippen LogP contribution is -2.54. The van der Waals surface area contributed by atoms with Crippen LogP contribution in [0.15, 0.2) is 23.2 Å². The van der Waals surface area contributed by atoms with Gasteiger partial charge in [-0.3, -0.25) is 14.7 Å². The Bertz CT molecular complexity index is 731. The van der Waals surface area contributed by atoms with Gasteiger partial charge in [0.05, 0.1) is 26.4 Å². The predicted molar refractivity (Wildman–Crippen MR) is 118 cm³/mol. The number of piperazine rings is 1. The van der Waals surface area contributed by atoms with Gasteiger partial charge in [0, 0.05) is 63.4 Å². The Hall–Kier alpha value is -2.03. The SMILES string of the molecule is CCOc1cc(Cl)ccc1CNC(=NC)N1CCN(CC(=O)N2CCOCC2)CC1. The Morgan fingerprint density at radius 3 is 2.57 bits per heavy atom. The molecule has 0 bridgehead atoms. The van der Waals surface area contributed by atoms with Crippen molar-refractivity contribution in [3.05, 3.63) is 28.8 Å². The quantitative estimate of drug-likeness (QED) is 0.534. The summed E-state index contributed by atoms with van der Waals surface area (Å²) in [5, 5.41) is 4.09. The zero-order valence-corrected chi connectivity index (χ0v) is 18.7. The number of carbonyl (C=O) groups is 1. The van der Waals surface area contributed by atoms with E-state index in [1.54, 1.807) is 7.05 Å². The van der Waals surface area contributed by atoms with Gasteiger partial charge in [-0.2, -0.15) is 0 Å². The summed E-state index contributed by atoms with van der Waals surface area (Å²) in [5.74, 6) is 1.84. The molecule has 30 heavy (non-hydrogen) atoms. The number of rotatable bonds is 6. The minimum atomic E-state index is 0.195. The summed E-state index contributed by atoms with van der Waals surface area (Å²) in [6, 6.07) is 5.69. The minimum absolute atomic E-state index is 0.195. The van der Waals surface area contributed by atoms with E-state index in [1.807, 2.05) is 30.0 Å². The van der Waals surface area contributed by atoms with Crippen molar-refractivity contribution in [3.8, 4) is 5.75 Å². The molecule has 2 aliphatic heterocycles. The van der Waals surface area contributed by atoms with Gasteiger partial charge < -0.3 is 24.6 Å². The van der Waals surface area contributed by atoms with E-state index < -0.39 is 0 Å². The van der Waals surface area contributed by atoms with Gasteiger partial charge in [0.2, 0.25) is 5.91 Å². The second-order valence-electron chi connectivity index (χ2n) is 7.34. The van der Waals surface area contributed by atoms with E-state index >= 15 is 0 Å². The van der Waals surface area contributed by atoms with Crippen molar-refractivity contribution in [1.29, 1.82) is 0 Å². The highest BCUT2D eigenvalue weighted by Gasteiger charge is 2.24. The molecule has 1 aromatic rings. The third-order valence-corrected chi connectivity index (χ3v) is 5.61. The first kappa shape index (κ1) is 22.7. The molecule has 3 rings (SSSR count). The van der Waals surface area contributed by atoms with E-state index in [4.69, 9.17) is 21.1 Å². The van der Waals surface area contributed by atoms with Gasteiger partial charge in [-0.1, -0.05) is 17.7 Å². The zero-order valence-electron chi connectivity index (χ0n) is 17.9. The summed E-state index contributed by atoms with van der Waals surface area (Å²) in [5.41, 5.74) is 1.04. The molecule has 8 nitrogen and oxygen atoms in total. The molecule has 9 heteroatoms. The van der Waals surface area contributed by atoms with Gasteiger partial charge in [0.1, 0.15) is 5.75 Å². The monoisotopic (exact) mass is 437 g/mol. The lowest BCUT2D eigenvalue weighted by Gasteiger charge is -2.37. The first-order chi connectivity index (χ1) is 14.6.